The van der Waals surface area contributed by atoms with E-state index in [1.165, 1.54) is 7.05 Å². The highest BCUT2D eigenvalue weighted by Crippen LogP contribution is 2.29. The SMILES string of the molecule is CNC(=O)c1cccc(NC(=O)c2c(C)nc(-c3ccnc(-c4c(C)cccc4C)c3)n2O)c1. The molecule has 0 spiro atoms. The molecule has 8 nitrogen and oxygen atoms in total. The number of hydrogen-bond acceptors (Lipinski definition) is 5. The van der Waals surface area contributed by atoms with E-state index in [1.807, 2.05) is 38.1 Å². The van der Waals surface area contributed by atoms with E-state index in [2.05, 4.69) is 20.6 Å². The van der Waals surface area contributed by atoms with Crippen molar-refractivity contribution >= 4 is 17.5 Å². The van der Waals surface area contributed by atoms with Crippen molar-refractivity contribution in [1.82, 2.24) is 20.0 Å². The van der Waals surface area contributed by atoms with Crippen LogP contribution in [0.15, 0.2) is 60.8 Å². The van der Waals surface area contributed by atoms with Gasteiger partial charge in [0.1, 0.15) is 0 Å². The number of anilines is 1. The Bertz CT molecular complexity index is 1390. The Balaban J connectivity index is 1.67. The van der Waals surface area contributed by atoms with Gasteiger partial charge in [0, 0.05) is 35.6 Å². The summed E-state index contributed by atoms with van der Waals surface area (Å²) < 4.78 is 0.789. The summed E-state index contributed by atoms with van der Waals surface area (Å²) in [5.41, 5.74) is 5.78. The molecule has 0 aliphatic carbocycles. The number of carbonyl (C=O) groups is 2. The molecule has 34 heavy (non-hydrogen) atoms. The summed E-state index contributed by atoms with van der Waals surface area (Å²) >= 11 is 0. The van der Waals surface area contributed by atoms with Gasteiger partial charge in [-0.2, -0.15) is 4.73 Å². The van der Waals surface area contributed by atoms with Gasteiger partial charge in [0.15, 0.2) is 11.5 Å². The second kappa shape index (κ2) is 9.19. The molecule has 2 aromatic carbocycles. The average Bonchev–Trinajstić information content (AvgIpc) is 3.12. The Labute approximate surface area is 197 Å². The molecule has 0 aliphatic heterocycles. The van der Waals surface area contributed by atoms with Crippen molar-refractivity contribution in [2.45, 2.75) is 20.8 Å². The second-order valence-corrected chi connectivity index (χ2v) is 7.99. The van der Waals surface area contributed by atoms with Crippen molar-refractivity contribution in [3.63, 3.8) is 0 Å². The smallest absolute Gasteiger partial charge is 0.277 e. The summed E-state index contributed by atoms with van der Waals surface area (Å²) in [7, 11) is 1.54. The molecule has 0 saturated carbocycles. The first-order chi connectivity index (χ1) is 16.3. The van der Waals surface area contributed by atoms with Crippen molar-refractivity contribution in [1.29, 1.82) is 0 Å². The maximum Gasteiger partial charge on any atom is 0.277 e. The number of pyridine rings is 1. The van der Waals surface area contributed by atoms with Crippen LogP contribution < -0.4 is 10.6 Å². The third-order valence-corrected chi connectivity index (χ3v) is 5.61. The van der Waals surface area contributed by atoms with E-state index in [4.69, 9.17) is 0 Å². The lowest BCUT2D eigenvalue weighted by Crippen LogP contribution is -2.20. The van der Waals surface area contributed by atoms with Gasteiger partial charge >= 0.3 is 0 Å². The Morgan fingerprint density at radius 3 is 2.35 bits per heavy atom. The van der Waals surface area contributed by atoms with Gasteiger partial charge in [0.25, 0.3) is 11.8 Å². The van der Waals surface area contributed by atoms with Crippen molar-refractivity contribution in [3.8, 4) is 22.6 Å². The molecular weight excluding hydrogens is 430 g/mol. The first-order valence-electron chi connectivity index (χ1n) is 10.7. The van der Waals surface area contributed by atoms with Gasteiger partial charge in [-0.25, -0.2) is 4.98 Å². The van der Waals surface area contributed by atoms with Crippen LogP contribution in [-0.2, 0) is 0 Å². The number of rotatable bonds is 5. The Morgan fingerprint density at radius 2 is 1.65 bits per heavy atom. The van der Waals surface area contributed by atoms with Crippen molar-refractivity contribution in [2.24, 2.45) is 0 Å². The van der Waals surface area contributed by atoms with E-state index >= 15 is 0 Å². The number of nitrogens with one attached hydrogen (secondary N) is 2. The molecule has 4 rings (SSSR count). The van der Waals surface area contributed by atoms with Crippen LogP contribution in [0.4, 0.5) is 5.69 Å². The summed E-state index contributed by atoms with van der Waals surface area (Å²) in [4.78, 5) is 33.8. The lowest BCUT2D eigenvalue weighted by atomic mass is 9.98. The largest absolute Gasteiger partial charge is 0.426 e. The highest BCUT2D eigenvalue weighted by atomic mass is 16.5. The number of hydrogen-bond donors (Lipinski definition) is 3. The normalized spacial score (nSPS) is 10.7. The highest BCUT2D eigenvalue weighted by molar-refractivity contribution is 6.05. The third-order valence-electron chi connectivity index (χ3n) is 5.61. The summed E-state index contributed by atoms with van der Waals surface area (Å²) in [6.07, 6.45) is 1.66. The Hall–Kier alpha value is -4.46. The molecule has 0 atom stereocenters. The van der Waals surface area contributed by atoms with Crippen LogP contribution in [-0.4, -0.2) is 38.8 Å². The Morgan fingerprint density at radius 1 is 0.941 bits per heavy atom. The van der Waals surface area contributed by atoms with Crippen LogP contribution in [0, 0.1) is 20.8 Å². The fourth-order valence-corrected chi connectivity index (χ4v) is 3.96. The van der Waals surface area contributed by atoms with E-state index in [0.29, 0.717) is 22.5 Å². The minimum atomic E-state index is -0.545. The summed E-state index contributed by atoms with van der Waals surface area (Å²) in [5, 5.41) is 16.1. The summed E-state index contributed by atoms with van der Waals surface area (Å²) in [6, 6.07) is 16.2. The molecule has 0 fully saturated rings. The van der Waals surface area contributed by atoms with Crippen molar-refractivity contribution in [3.05, 3.63) is 88.9 Å². The van der Waals surface area contributed by atoms with Crippen LogP contribution >= 0.6 is 0 Å². The van der Waals surface area contributed by atoms with E-state index in [0.717, 1.165) is 27.1 Å². The molecule has 0 unspecified atom stereocenters. The zero-order valence-corrected chi connectivity index (χ0v) is 19.4. The highest BCUT2D eigenvalue weighted by Gasteiger charge is 2.22. The monoisotopic (exact) mass is 455 g/mol. The maximum absolute atomic E-state index is 13.0. The quantitative estimate of drug-likeness (QED) is 0.387. The van der Waals surface area contributed by atoms with Gasteiger partial charge in [0.2, 0.25) is 0 Å². The zero-order valence-electron chi connectivity index (χ0n) is 19.4. The molecule has 0 aliphatic rings. The molecule has 2 heterocycles. The van der Waals surface area contributed by atoms with Crippen molar-refractivity contribution in [2.75, 3.05) is 12.4 Å². The lowest BCUT2D eigenvalue weighted by Gasteiger charge is -2.11. The van der Waals surface area contributed by atoms with Crippen LogP contribution in [0.5, 0.6) is 0 Å². The third kappa shape index (κ3) is 4.25. The van der Waals surface area contributed by atoms with Crippen LogP contribution in [0.25, 0.3) is 22.6 Å². The van der Waals surface area contributed by atoms with Crippen LogP contribution in [0.2, 0.25) is 0 Å². The number of amides is 2. The zero-order chi connectivity index (χ0) is 24.4. The maximum atomic E-state index is 13.0. The topological polar surface area (TPSA) is 109 Å². The predicted molar refractivity (Wildman–Crippen MR) is 130 cm³/mol. The van der Waals surface area contributed by atoms with Crippen molar-refractivity contribution < 1.29 is 14.8 Å². The lowest BCUT2D eigenvalue weighted by molar-refractivity contribution is 0.0956. The molecule has 3 N–H and O–H groups in total. The summed E-state index contributed by atoms with van der Waals surface area (Å²) in [6.45, 7) is 5.70. The molecule has 2 aromatic heterocycles. The van der Waals surface area contributed by atoms with Gasteiger partial charge in [-0.05, 0) is 62.2 Å². The number of aromatic nitrogens is 3. The van der Waals surface area contributed by atoms with E-state index in [9.17, 15) is 14.8 Å². The fraction of sp³-hybridized carbons (Fsp3) is 0.154. The fourth-order valence-electron chi connectivity index (χ4n) is 3.96. The molecule has 2 amide bonds. The van der Waals surface area contributed by atoms with Gasteiger partial charge in [-0.1, -0.05) is 24.3 Å². The van der Waals surface area contributed by atoms with Gasteiger partial charge in [-0.15, -0.1) is 0 Å². The Kier molecular flexibility index (Phi) is 6.14. The van der Waals surface area contributed by atoms with Gasteiger partial charge in [0.05, 0.1) is 11.4 Å². The van der Waals surface area contributed by atoms with Gasteiger partial charge in [-0.3, -0.25) is 14.6 Å². The number of carbonyl (C=O) groups excluding carboxylic acids is 2. The second-order valence-electron chi connectivity index (χ2n) is 7.99. The number of benzene rings is 2. The number of aryl methyl sites for hydroxylation is 3. The average molecular weight is 456 g/mol. The van der Waals surface area contributed by atoms with Crippen LogP contribution in [0.3, 0.4) is 0 Å². The molecule has 172 valence electrons. The summed E-state index contributed by atoms with van der Waals surface area (Å²) in [5.74, 6) is -0.576. The molecule has 0 radical (unpaired) electrons. The van der Waals surface area contributed by atoms with E-state index in [-0.39, 0.29) is 17.4 Å². The molecular formula is C26H25N5O3. The molecule has 4 aromatic rings. The minimum Gasteiger partial charge on any atom is -0.426 e. The van der Waals surface area contributed by atoms with Gasteiger partial charge < -0.3 is 15.8 Å². The molecule has 0 bridgehead atoms. The molecule has 0 saturated heterocycles. The first kappa shape index (κ1) is 22.7. The molecule has 8 heteroatoms. The van der Waals surface area contributed by atoms with Crippen LogP contribution in [0.1, 0.15) is 37.7 Å². The first-order valence-corrected chi connectivity index (χ1v) is 10.7. The minimum absolute atomic E-state index is 0.00535. The van der Waals surface area contributed by atoms with E-state index < -0.39 is 5.91 Å². The number of imidazole rings is 1. The standard InChI is InChI=1S/C26H25N5O3/c1-15-7-5-8-16(2)22(15)21-14-18(11-12-28-21)24-29-17(3)23(31(24)34)26(33)30-20-10-6-9-19(13-20)25(32)27-4/h5-14,34H,1-4H3,(H,27,32)(H,30,33). The predicted octanol–water partition coefficient (Wildman–Crippen LogP) is 4.39. The van der Waals surface area contributed by atoms with E-state index in [1.54, 1.807) is 43.5 Å². The number of nitrogens with zero attached hydrogens (tertiary/aromatic N) is 3.